The monoisotopic (exact) mass is 286 g/mol. The SMILES string of the molecule is COC(=O)C1CN(CC(=O)N(C(C)C)C(C)C)CCO1. The maximum absolute atomic E-state index is 12.4. The average Bonchev–Trinajstić information content (AvgIpc) is 2.37. The molecule has 1 unspecified atom stereocenters. The summed E-state index contributed by atoms with van der Waals surface area (Å²) in [5.74, 6) is -0.299. The summed E-state index contributed by atoms with van der Waals surface area (Å²) >= 11 is 0. The lowest BCUT2D eigenvalue weighted by molar-refractivity contribution is -0.161. The Hall–Kier alpha value is -1.14. The first-order chi connectivity index (χ1) is 9.36. The van der Waals surface area contributed by atoms with Gasteiger partial charge in [0.15, 0.2) is 6.10 Å². The van der Waals surface area contributed by atoms with Gasteiger partial charge in [-0.25, -0.2) is 4.79 Å². The van der Waals surface area contributed by atoms with Crippen LogP contribution in [0.25, 0.3) is 0 Å². The van der Waals surface area contributed by atoms with E-state index in [1.54, 1.807) is 0 Å². The molecule has 1 aliphatic heterocycles. The molecular formula is C14H26N2O4. The Bertz CT molecular complexity index is 336. The van der Waals surface area contributed by atoms with E-state index in [2.05, 4.69) is 4.74 Å². The largest absolute Gasteiger partial charge is 0.467 e. The number of hydrogen-bond acceptors (Lipinski definition) is 5. The van der Waals surface area contributed by atoms with Crippen molar-refractivity contribution < 1.29 is 19.1 Å². The minimum atomic E-state index is -0.590. The van der Waals surface area contributed by atoms with Crippen molar-refractivity contribution in [2.75, 3.05) is 33.4 Å². The second kappa shape index (κ2) is 7.59. The molecule has 1 amide bonds. The van der Waals surface area contributed by atoms with Gasteiger partial charge in [0.05, 0.1) is 20.3 Å². The van der Waals surface area contributed by atoms with Gasteiger partial charge in [-0.3, -0.25) is 9.69 Å². The van der Waals surface area contributed by atoms with Crippen molar-refractivity contribution in [2.24, 2.45) is 0 Å². The van der Waals surface area contributed by atoms with Gasteiger partial charge in [-0.15, -0.1) is 0 Å². The maximum Gasteiger partial charge on any atom is 0.336 e. The lowest BCUT2D eigenvalue weighted by Crippen LogP contribution is -2.52. The van der Waals surface area contributed by atoms with E-state index >= 15 is 0 Å². The van der Waals surface area contributed by atoms with E-state index in [-0.39, 0.29) is 24.0 Å². The molecule has 6 nitrogen and oxygen atoms in total. The summed E-state index contributed by atoms with van der Waals surface area (Å²) < 4.78 is 10.0. The topological polar surface area (TPSA) is 59.1 Å². The molecule has 1 saturated heterocycles. The molecule has 0 aromatic carbocycles. The van der Waals surface area contributed by atoms with E-state index in [0.29, 0.717) is 26.2 Å². The summed E-state index contributed by atoms with van der Waals surface area (Å²) in [6, 6.07) is 0.333. The smallest absolute Gasteiger partial charge is 0.336 e. The highest BCUT2D eigenvalue weighted by Gasteiger charge is 2.30. The number of hydrogen-bond donors (Lipinski definition) is 0. The number of methoxy groups -OCH3 is 1. The molecule has 20 heavy (non-hydrogen) atoms. The molecule has 0 spiro atoms. The van der Waals surface area contributed by atoms with Crippen molar-refractivity contribution in [3.8, 4) is 0 Å². The van der Waals surface area contributed by atoms with Crippen LogP contribution >= 0.6 is 0 Å². The Labute approximate surface area is 121 Å². The quantitative estimate of drug-likeness (QED) is 0.689. The van der Waals surface area contributed by atoms with Crippen LogP contribution in [-0.4, -0.2) is 73.2 Å². The van der Waals surface area contributed by atoms with E-state index in [4.69, 9.17) is 4.74 Å². The first-order valence-corrected chi connectivity index (χ1v) is 7.09. The molecule has 1 rings (SSSR count). The van der Waals surface area contributed by atoms with Gasteiger partial charge < -0.3 is 14.4 Å². The number of amides is 1. The highest BCUT2D eigenvalue weighted by molar-refractivity contribution is 5.79. The highest BCUT2D eigenvalue weighted by atomic mass is 16.6. The third kappa shape index (κ3) is 4.45. The molecule has 0 saturated carbocycles. The first kappa shape index (κ1) is 16.9. The van der Waals surface area contributed by atoms with Crippen molar-refractivity contribution in [1.29, 1.82) is 0 Å². The van der Waals surface area contributed by atoms with Gasteiger partial charge >= 0.3 is 5.97 Å². The summed E-state index contributed by atoms with van der Waals surface area (Å²) in [5, 5.41) is 0. The van der Waals surface area contributed by atoms with Gasteiger partial charge in [0.1, 0.15) is 0 Å². The number of rotatable bonds is 5. The zero-order valence-corrected chi connectivity index (χ0v) is 13.1. The Morgan fingerprint density at radius 3 is 2.40 bits per heavy atom. The van der Waals surface area contributed by atoms with Crippen LogP contribution in [0.4, 0.5) is 0 Å². The number of ether oxygens (including phenoxy) is 2. The molecule has 1 aliphatic rings. The number of carbonyl (C=O) groups is 2. The number of morpholine rings is 1. The fraction of sp³-hybridized carbons (Fsp3) is 0.857. The zero-order chi connectivity index (χ0) is 15.3. The van der Waals surface area contributed by atoms with Crippen LogP contribution in [0.2, 0.25) is 0 Å². The maximum atomic E-state index is 12.4. The van der Waals surface area contributed by atoms with Crippen molar-refractivity contribution in [1.82, 2.24) is 9.80 Å². The predicted molar refractivity (Wildman–Crippen MR) is 75.3 cm³/mol. The predicted octanol–water partition coefficient (Wildman–Crippen LogP) is 0.506. The van der Waals surface area contributed by atoms with Crippen LogP contribution in [0.15, 0.2) is 0 Å². The first-order valence-electron chi connectivity index (χ1n) is 7.09. The van der Waals surface area contributed by atoms with E-state index in [1.165, 1.54) is 7.11 Å². The summed E-state index contributed by atoms with van der Waals surface area (Å²) in [7, 11) is 1.34. The second-order valence-corrected chi connectivity index (χ2v) is 5.61. The Morgan fingerprint density at radius 1 is 1.30 bits per heavy atom. The van der Waals surface area contributed by atoms with Crippen LogP contribution in [0.1, 0.15) is 27.7 Å². The molecule has 0 aliphatic carbocycles. The van der Waals surface area contributed by atoms with E-state index in [1.807, 2.05) is 37.5 Å². The minimum Gasteiger partial charge on any atom is -0.467 e. The third-order valence-corrected chi connectivity index (χ3v) is 3.37. The van der Waals surface area contributed by atoms with E-state index in [9.17, 15) is 9.59 Å². The van der Waals surface area contributed by atoms with Gasteiger partial charge in [-0.1, -0.05) is 0 Å². The van der Waals surface area contributed by atoms with E-state index < -0.39 is 6.10 Å². The molecule has 1 fully saturated rings. The van der Waals surface area contributed by atoms with Crippen LogP contribution in [0, 0.1) is 0 Å². The van der Waals surface area contributed by atoms with Crippen LogP contribution in [-0.2, 0) is 19.1 Å². The number of carbonyl (C=O) groups excluding carboxylic acids is 2. The fourth-order valence-corrected chi connectivity index (χ4v) is 2.57. The molecule has 1 heterocycles. The summed E-state index contributed by atoms with van der Waals surface area (Å²) in [6.07, 6.45) is -0.590. The Balaban J connectivity index is 2.58. The molecule has 0 aromatic heterocycles. The molecule has 0 N–H and O–H groups in total. The molecule has 116 valence electrons. The Morgan fingerprint density at radius 2 is 1.90 bits per heavy atom. The van der Waals surface area contributed by atoms with Gasteiger partial charge in [0.25, 0.3) is 0 Å². The molecule has 0 aromatic rings. The third-order valence-electron chi connectivity index (χ3n) is 3.37. The summed E-state index contributed by atoms with van der Waals surface area (Å²) in [5.41, 5.74) is 0. The number of esters is 1. The van der Waals surface area contributed by atoms with Gasteiger partial charge in [-0.05, 0) is 27.7 Å². The van der Waals surface area contributed by atoms with E-state index in [0.717, 1.165) is 0 Å². The molecule has 6 heteroatoms. The highest BCUT2D eigenvalue weighted by Crippen LogP contribution is 2.10. The van der Waals surface area contributed by atoms with Gasteiger partial charge in [-0.2, -0.15) is 0 Å². The summed E-state index contributed by atoms with van der Waals surface area (Å²) in [6.45, 7) is 9.85. The lowest BCUT2D eigenvalue weighted by atomic mass is 10.2. The van der Waals surface area contributed by atoms with Crippen molar-refractivity contribution in [2.45, 2.75) is 45.9 Å². The van der Waals surface area contributed by atoms with Crippen LogP contribution < -0.4 is 0 Å². The van der Waals surface area contributed by atoms with Gasteiger partial charge in [0, 0.05) is 25.2 Å². The van der Waals surface area contributed by atoms with Gasteiger partial charge in [0.2, 0.25) is 5.91 Å². The van der Waals surface area contributed by atoms with Crippen molar-refractivity contribution in [3.63, 3.8) is 0 Å². The fourth-order valence-electron chi connectivity index (χ4n) is 2.57. The normalized spacial score (nSPS) is 20.2. The summed E-state index contributed by atoms with van der Waals surface area (Å²) in [4.78, 5) is 27.7. The molecular weight excluding hydrogens is 260 g/mol. The second-order valence-electron chi connectivity index (χ2n) is 5.61. The van der Waals surface area contributed by atoms with Crippen molar-refractivity contribution >= 4 is 11.9 Å². The molecule has 0 bridgehead atoms. The number of nitrogens with zero attached hydrogens (tertiary/aromatic N) is 2. The minimum absolute atomic E-state index is 0.0838. The van der Waals surface area contributed by atoms with Crippen molar-refractivity contribution in [3.05, 3.63) is 0 Å². The van der Waals surface area contributed by atoms with Crippen LogP contribution in [0.3, 0.4) is 0 Å². The molecule has 0 radical (unpaired) electrons. The lowest BCUT2D eigenvalue weighted by Gasteiger charge is -2.35. The zero-order valence-electron chi connectivity index (χ0n) is 13.1. The standard InChI is InChI=1S/C14H26N2O4/c1-10(2)16(11(3)4)13(17)9-15-6-7-20-12(8-15)14(18)19-5/h10-12H,6-9H2,1-5H3. The van der Waals surface area contributed by atoms with Crippen LogP contribution in [0.5, 0.6) is 0 Å². The average molecular weight is 286 g/mol. The Kier molecular flexibility index (Phi) is 6.42. The molecule has 1 atom stereocenters.